The summed E-state index contributed by atoms with van der Waals surface area (Å²) in [4.78, 5) is 0. The zero-order valence-corrected chi connectivity index (χ0v) is 37.5. The molecule has 0 amide bonds. The van der Waals surface area contributed by atoms with Crippen LogP contribution >= 0.6 is 25.1 Å². The first-order valence-corrected chi connectivity index (χ1v) is 26.0. The number of hydrogen-bond acceptors (Lipinski definition) is 0. The monoisotopic (exact) mass is 757 g/mol. The van der Waals surface area contributed by atoms with Crippen molar-refractivity contribution in [1.82, 2.24) is 0 Å². The van der Waals surface area contributed by atoms with E-state index in [1.54, 1.807) is 0 Å². The maximum absolute atomic E-state index is 2.85. The third kappa shape index (κ3) is 20.0. The Kier molecular flexibility index (Phi) is 25.5. The molecule has 0 aliphatic rings. The minimum Gasteiger partial charge on any atom is -0.138 e. The Labute approximate surface area is 327 Å². The lowest BCUT2D eigenvalue weighted by atomic mass is 9.81. The molecule has 0 saturated heterocycles. The van der Waals surface area contributed by atoms with Crippen LogP contribution in [0.5, 0.6) is 0 Å². The minimum atomic E-state index is 0.335. The molecule has 4 aromatic rings. The van der Waals surface area contributed by atoms with Gasteiger partial charge in [0.25, 0.3) is 0 Å². The van der Waals surface area contributed by atoms with Gasteiger partial charge in [-0.1, -0.05) is 129 Å². The van der Waals surface area contributed by atoms with E-state index in [4.69, 9.17) is 0 Å². The van der Waals surface area contributed by atoms with Crippen molar-refractivity contribution in [1.29, 1.82) is 0 Å². The molecule has 0 aliphatic heterocycles. The number of hydrogen-bond donors (Lipinski definition) is 0. The van der Waals surface area contributed by atoms with E-state index in [-0.39, 0.29) is 0 Å². The van der Waals surface area contributed by atoms with E-state index in [1.165, 1.54) is 146 Å². The molecular weight excluding hydrogens is 681 g/mol. The van der Waals surface area contributed by atoms with Crippen molar-refractivity contribution in [2.75, 3.05) is 45.1 Å². The summed E-state index contributed by atoms with van der Waals surface area (Å²) >= 11 is 0. The highest BCUT2D eigenvalue weighted by Crippen LogP contribution is 2.35. The van der Waals surface area contributed by atoms with E-state index in [9.17, 15) is 0 Å². The third-order valence-electron chi connectivity index (χ3n) is 10.3. The first kappa shape index (κ1) is 46.3. The lowest BCUT2D eigenvalue weighted by Gasteiger charge is -2.23. The van der Waals surface area contributed by atoms with E-state index < -0.39 is 0 Å². The van der Waals surface area contributed by atoms with Gasteiger partial charge in [-0.05, 0) is 169 Å². The van der Waals surface area contributed by atoms with Gasteiger partial charge in [0, 0.05) is 5.92 Å². The van der Waals surface area contributed by atoms with Crippen LogP contribution in [0.15, 0.2) is 97.1 Å². The summed E-state index contributed by atoms with van der Waals surface area (Å²) in [6, 6.07) is 35.2. The second-order valence-corrected chi connectivity index (χ2v) is 21.1. The van der Waals surface area contributed by atoms with Gasteiger partial charge in [-0.15, -0.1) is 25.1 Å². The Hall–Kier alpha value is -1.83. The molecule has 1 unspecified atom stereocenters. The summed E-state index contributed by atoms with van der Waals surface area (Å²) in [6.07, 6.45) is 21.7. The summed E-state index contributed by atoms with van der Waals surface area (Å²) in [5, 5.41) is 0. The smallest absolute Gasteiger partial charge is 0.00947 e. The van der Waals surface area contributed by atoms with Crippen LogP contribution in [0.3, 0.4) is 0 Å². The van der Waals surface area contributed by atoms with Gasteiger partial charge in [-0.25, -0.2) is 0 Å². The van der Waals surface area contributed by atoms with Crippen LogP contribution in [-0.2, 0) is 12.8 Å². The van der Waals surface area contributed by atoms with E-state index in [0.29, 0.717) is 21.8 Å². The van der Waals surface area contributed by atoms with Gasteiger partial charge >= 0.3 is 0 Å². The lowest BCUT2D eigenvalue weighted by Crippen LogP contribution is -2.07. The SMILES string of the molecule is CP(C)CCCCCCc1ccccc1.CP(C)CCCCCCc1ccccc1.Cc1cccc(C(CCCCP)c2cccc(C)c2C)c1C. The highest BCUT2D eigenvalue weighted by molar-refractivity contribution is 7.56. The molecule has 0 nitrogen and oxygen atoms in total. The highest BCUT2D eigenvalue weighted by atomic mass is 31.1. The normalized spacial score (nSPS) is 11.0. The summed E-state index contributed by atoms with van der Waals surface area (Å²) in [5.74, 6) is 0.524. The largest absolute Gasteiger partial charge is 0.138 e. The van der Waals surface area contributed by atoms with E-state index in [0.717, 1.165) is 0 Å². The van der Waals surface area contributed by atoms with Gasteiger partial charge in [0.05, 0.1) is 0 Å². The molecule has 0 saturated carbocycles. The van der Waals surface area contributed by atoms with Gasteiger partial charge in [0.15, 0.2) is 0 Å². The first-order chi connectivity index (χ1) is 25.1. The summed E-state index contributed by atoms with van der Waals surface area (Å²) in [5.41, 5.74) is 11.7. The Morgan fingerprint density at radius 3 is 1.23 bits per heavy atom. The van der Waals surface area contributed by atoms with Gasteiger partial charge in [0.2, 0.25) is 0 Å². The molecule has 0 aromatic heterocycles. The van der Waals surface area contributed by atoms with Crippen LogP contribution in [0, 0.1) is 27.7 Å². The fourth-order valence-electron chi connectivity index (χ4n) is 6.78. The van der Waals surface area contributed by atoms with Crippen molar-refractivity contribution in [3.63, 3.8) is 0 Å². The summed E-state index contributed by atoms with van der Waals surface area (Å²) in [7, 11) is 3.52. The average molecular weight is 757 g/mol. The van der Waals surface area contributed by atoms with Gasteiger partial charge in [0.1, 0.15) is 0 Å². The van der Waals surface area contributed by atoms with E-state index >= 15 is 0 Å². The molecule has 0 heterocycles. The number of aryl methyl sites for hydroxylation is 4. The molecule has 0 N–H and O–H groups in total. The average Bonchev–Trinajstić information content (AvgIpc) is 3.14. The Bertz CT molecular complexity index is 1340. The maximum atomic E-state index is 2.85. The zero-order chi connectivity index (χ0) is 38.0. The zero-order valence-electron chi connectivity index (χ0n) is 34.6. The van der Waals surface area contributed by atoms with Crippen molar-refractivity contribution in [2.24, 2.45) is 0 Å². The quantitative estimate of drug-likeness (QED) is 0.0622. The predicted octanol–water partition coefficient (Wildman–Crippen LogP) is 15.2. The van der Waals surface area contributed by atoms with Crippen molar-refractivity contribution < 1.29 is 0 Å². The molecule has 4 rings (SSSR count). The second-order valence-electron chi connectivity index (χ2n) is 15.3. The second kappa shape index (κ2) is 28.6. The maximum Gasteiger partial charge on any atom is 0.00947 e. The van der Waals surface area contributed by atoms with Gasteiger partial charge in [-0.2, -0.15) is 0 Å². The molecule has 4 aromatic carbocycles. The minimum absolute atomic E-state index is 0.335. The summed E-state index contributed by atoms with van der Waals surface area (Å²) in [6.45, 7) is 18.5. The standard InChI is InChI=1S/C21H29P.2C14H23P/c1-15-9-7-12-19(17(15)3)21(11-5-6-14-22)20-13-8-10-16(2)18(20)4;2*1-15(2)13-9-4-3-6-10-14-11-7-5-8-12-14/h7-10,12-13,21H,5-6,11,14,22H2,1-4H3;2*5,7-8,11-12H,3-4,6,9-10,13H2,1-2H3. The third-order valence-corrected chi connectivity index (χ3v) is 13.1. The van der Waals surface area contributed by atoms with Crippen LogP contribution in [0.25, 0.3) is 0 Å². The molecular formula is C49H75P3. The molecule has 0 spiro atoms. The van der Waals surface area contributed by atoms with E-state index in [2.05, 4.69) is 161 Å². The van der Waals surface area contributed by atoms with Crippen molar-refractivity contribution in [3.05, 3.63) is 142 Å². The topological polar surface area (TPSA) is 0 Å². The van der Waals surface area contributed by atoms with Crippen LogP contribution in [-0.4, -0.2) is 45.1 Å². The molecule has 0 aliphatic carbocycles. The number of benzene rings is 4. The molecule has 0 radical (unpaired) electrons. The fraction of sp³-hybridized carbons (Fsp3) is 0.510. The molecule has 52 heavy (non-hydrogen) atoms. The molecule has 286 valence electrons. The van der Waals surface area contributed by atoms with Crippen LogP contribution in [0.4, 0.5) is 0 Å². The molecule has 0 fully saturated rings. The number of rotatable bonds is 20. The number of unbranched alkanes of at least 4 members (excludes halogenated alkanes) is 7. The summed E-state index contributed by atoms with van der Waals surface area (Å²) < 4.78 is 0. The Balaban J connectivity index is 0.000000279. The van der Waals surface area contributed by atoms with Crippen LogP contribution < -0.4 is 0 Å². The van der Waals surface area contributed by atoms with Crippen LogP contribution in [0.1, 0.15) is 121 Å². The fourth-order valence-corrected chi connectivity index (χ4v) is 8.79. The molecule has 3 heteroatoms. The van der Waals surface area contributed by atoms with Crippen molar-refractivity contribution in [2.45, 2.75) is 117 Å². The van der Waals surface area contributed by atoms with Crippen molar-refractivity contribution >= 4 is 25.1 Å². The molecule has 1 atom stereocenters. The Morgan fingerprint density at radius 1 is 0.442 bits per heavy atom. The predicted molar refractivity (Wildman–Crippen MR) is 247 cm³/mol. The van der Waals surface area contributed by atoms with E-state index in [1.807, 2.05) is 0 Å². The highest BCUT2D eigenvalue weighted by Gasteiger charge is 2.19. The Morgan fingerprint density at radius 2 is 0.846 bits per heavy atom. The van der Waals surface area contributed by atoms with Crippen molar-refractivity contribution in [3.8, 4) is 0 Å². The van der Waals surface area contributed by atoms with Gasteiger partial charge in [-0.3, -0.25) is 0 Å². The van der Waals surface area contributed by atoms with Crippen LogP contribution in [0.2, 0.25) is 0 Å². The lowest BCUT2D eigenvalue weighted by molar-refractivity contribution is 0.647. The van der Waals surface area contributed by atoms with Gasteiger partial charge < -0.3 is 0 Å². The first-order valence-electron chi connectivity index (χ1n) is 20.3. The molecule has 0 bridgehead atoms.